The smallest absolute Gasteiger partial charge is 0.135 e. The van der Waals surface area contributed by atoms with E-state index in [0.29, 0.717) is 11.1 Å². The lowest BCUT2D eigenvalue weighted by atomic mass is 10.1. The summed E-state index contributed by atoms with van der Waals surface area (Å²) < 4.78 is 11.1. The molecule has 1 aromatic carbocycles. The molecule has 1 aromatic heterocycles. The van der Waals surface area contributed by atoms with Crippen LogP contribution in [0.5, 0.6) is 5.75 Å². The molecule has 0 saturated carbocycles. The summed E-state index contributed by atoms with van der Waals surface area (Å²) in [6, 6.07) is 9.88. The first-order valence-electron chi connectivity index (χ1n) is 6.80. The second-order valence-electron chi connectivity index (χ2n) is 4.77. The molecule has 1 heterocycles. The molecule has 0 aliphatic carbocycles. The number of likely N-dealkylation sites (N-methyl/N-ethyl adjacent to an activating group) is 1. The Bertz CT molecular complexity index is 565. The van der Waals surface area contributed by atoms with Gasteiger partial charge in [0.2, 0.25) is 0 Å². The van der Waals surface area contributed by atoms with Crippen molar-refractivity contribution >= 4 is 11.6 Å². The summed E-state index contributed by atoms with van der Waals surface area (Å²) in [5.74, 6) is 2.49. The van der Waals surface area contributed by atoms with Crippen LogP contribution in [-0.4, -0.2) is 19.7 Å². The molecule has 0 spiro atoms. The van der Waals surface area contributed by atoms with E-state index in [1.165, 1.54) is 0 Å². The Kier molecular flexibility index (Phi) is 5.10. The molecule has 0 aliphatic heterocycles. The fourth-order valence-corrected chi connectivity index (χ4v) is 2.39. The van der Waals surface area contributed by atoms with Gasteiger partial charge >= 0.3 is 0 Å². The zero-order chi connectivity index (χ0) is 14.5. The monoisotopic (exact) mass is 293 g/mol. The van der Waals surface area contributed by atoms with Crippen molar-refractivity contribution in [3.8, 4) is 17.1 Å². The van der Waals surface area contributed by atoms with Crippen molar-refractivity contribution in [1.29, 1.82) is 0 Å². The van der Waals surface area contributed by atoms with Crippen molar-refractivity contribution in [2.75, 3.05) is 13.7 Å². The Morgan fingerprint density at radius 1 is 1.30 bits per heavy atom. The number of benzene rings is 1. The van der Waals surface area contributed by atoms with Gasteiger partial charge in [-0.25, -0.2) is 0 Å². The Labute approximate surface area is 124 Å². The molecule has 108 valence electrons. The molecule has 4 heteroatoms. The van der Waals surface area contributed by atoms with Crippen LogP contribution in [0.1, 0.15) is 19.6 Å². The number of ether oxygens (including phenoxy) is 1. The van der Waals surface area contributed by atoms with Crippen LogP contribution < -0.4 is 10.1 Å². The minimum absolute atomic E-state index is 0.389. The third-order valence-corrected chi connectivity index (χ3v) is 3.49. The Hall–Kier alpha value is -1.45. The van der Waals surface area contributed by atoms with E-state index in [-0.39, 0.29) is 0 Å². The number of hydrogen-bond acceptors (Lipinski definition) is 3. The predicted octanol–water partition coefficient (Wildman–Crippen LogP) is 4.15. The highest BCUT2D eigenvalue weighted by molar-refractivity contribution is 6.33. The second-order valence-corrected chi connectivity index (χ2v) is 5.18. The minimum Gasteiger partial charge on any atom is -0.497 e. The highest BCUT2D eigenvalue weighted by Gasteiger charge is 2.11. The maximum atomic E-state index is 6.22. The number of halogens is 1. The summed E-state index contributed by atoms with van der Waals surface area (Å²) in [7, 11) is 1.64. The van der Waals surface area contributed by atoms with E-state index in [9.17, 15) is 0 Å². The molecule has 20 heavy (non-hydrogen) atoms. The first kappa shape index (κ1) is 14.9. The second kappa shape index (κ2) is 6.82. The van der Waals surface area contributed by atoms with E-state index in [1.807, 2.05) is 30.3 Å². The number of methoxy groups -OCH3 is 1. The van der Waals surface area contributed by atoms with Crippen molar-refractivity contribution in [3.05, 3.63) is 41.1 Å². The van der Waals surface area contributed by atoms with Crippen molar-refractivity contribution in [2.24, 2.45) is 0 Å². The summed E-state index contributed by atoms with van der Waals surface area (Å²) in [6.07, 6.45) is 0.857. The average Bonchev–Trinajstić information content (AvgIpc) is 2.88. The Morgan fingerprint density at radius 3 is 2.80 bits per heavy atom. The summed E-state index contributed by atoms with van der Waals surface area (Å²) in [5.41, 5.74) is 0.855. The van der Waals surface area contributed by atoms with Gasteiger partial charge in [-0.05, 0) is 43.8 Å². The van der Waals surface area contributed by atoms with Gasteiger partial charge in [-0.15, -0.1) is 0 Å². The van der Waals surface area contributed by atoms with Gasteiger partial charge in [0.15, 0.2) is 0 Å². The molecule has 1 unspecified atom stereocenters. The van der Waals surface area contributed by atoms with Gasteiger partial charge in [0, 0.05) is 18.0 Å². The van der Waals surface area contributed by atoms with Crippen LogP contribution in [0.25, 0.3) is 11.3 Å². The van der Waals surface area contributed by atoms with Crippen molar-refractivity contribution in [3.63, 3.8) is 0 Å². The number of rotatable bonds is 6. The summed E-state index contributed by atoms with van der Waals surface area (Å²) >= 11 is 6.22. The molecule has 0 radical (unpaired) electrons. The minimum atomic E-state index is 0.389. The lowest BCUT2D eigenvalue weighted by Crippen LogP contribution is -2.27. The topological polar surface area (TPSA) is 34.4 Å². The molecular formula is C16H20ClNO2. The van der Waals surface area contributed by atoms with Gasteiger partial charge in [-0.1, -0.05) is 18.5 Å². The zero-order valence-corrected chi connectivity index (χ0v) is 12.8. The van der Waals surface area contributed by atoms with E-state index < -0.39 is 0 Å². The lowest BCUT2D eigenvalue weighted by molar-refractivity contribution is 0.414. The fourth-order valence-electron chi connectivity index (χ4n) is 2.17. The molecule has 1 N–H and O–H groups in total. The van der Waals surface area contributed by atoms with Crippen LogP contribution >= 0.6 is 11.6 Å². The molecule has 1 atom stereocenters. The summed E-state index contributed by atoms with van der Waals surface area (Å²) in [4.78, 5) is 0. The molecule has 2 rings (SSSR count). The summed E-state index contributed by atoms with van der Waals surface area (Å²) in [6.45, 7) is 5.20. The fraction of sp³-hybridized carbons (Fsp3) is 0.375. The predicted molar refractivity (Wildman–Crippen MR) is 82.5 cm³/mol. The third kappa shape index (κ3) is 3.56. The van der Waals surface area contributed by atoms with E-state index in [4.69, 9.17) is 20.8 Å². The maximum absolute atomic E-state index is 6.22. The molecule has 3 nitrogen and oxygen atoms in total. The highest BCUT2D eigenvalue weighted by Crippen LogP contribution is 2.32. The number of nitrogens with one attached hydrogen (secondary N) is 1. The molecule has 0 aliphatic rings. The Balaban J connectivity index is 2.20. The van der Waals surface area contributed by atoms with Crippen LogP contribution in [0.4, 0.5) is 0 Å². The SMILES string of the molecule is CCNC(C)Cc1ccc(-c2cc(OC)ccc2Cl)o1. The van der Waals surface area contributed by atoms with Crippen LogP contribution in [0.2, 0.25) is 5.02 Å². The van der Waals surface area contributed by atoms with Gasteiger partial charge in [0.1, 0.15) is 17.3 Å². The van der Waals surface area contributed by atoms with Crippen LogP contribution in [-0.2, 0) is 6.42 Å². The molecule has 2 aromatic rings. The van der Waals surface area contributed by atoms with Gasteiger partial charge < -0.3 is 14.5 Å². The average molecular weight is 294 g/mol. The summed E-state index contributed by atoms with van der Waals surface area (Å²) in [5, 5.41) is 4.03. The molecule has 0 fully saturated rings. The first-order chi connectivity index (χ1) is 9.63. The zero-order valence-electron chi connectivity index (χ0n) is 12.1. The highest BCUT2D eigenvalue weighted by atomic mass is 35.5. The van der Waals surface area contributed by atoms with Gasteiger partial charge in [-0.3, -0.25) is 0 Å². The number of hydrogen-bond donors (Lipinski definition) is 1. The lowest BCUT2D eigenvalue weighted by Gasteiger charge is -2.09. The molecule has 0 bridgehead atoms. The Morgan fingerprint density at radius 2 is 2.10 bits per heavy atom. The van der Waals surface area contributed by atoms with E-state index in [1.54, 1.807) is 7.11 Å². The molecular weight excluding hydrogens is 274 g/mol. The quantitative estimate of drug-likeness (QED) is 0.869. The normalized spacial score (nSPS) is 12.4. The van der Waals surface area contributed by atoms with Crippen LogP contribution in [0.3, 0.4) is 0 Å². The van der Waals surface area contributed by atoms with Crippen LogP contribution in [0.15, 0.2) is 34.7 Å². The first-order valence-corrected chi connectivity index (χ1v) is 7.17. The molecule has 0 amide bonds. The van der Waals surface area contributed by atoms with Crippen molar-refractivity contribution in [2.45, 2.75) is 26.3 Å². The third-order valence-electron chi connectivity index (χ3n) is 3.16. The largest absolute Gasteiger partial charge is 0.497 e. The number of furan rings is 1. The van der Waals surface area contributed by atoms with E-state index >= 15 is 0 Å². The van der Waals surface area contributed by atoms with Gasteiger partial charge in [-0.2, -0.15) is 0 Å². The maximum Gasteiger partial charge on any atom is 0.135 e. The van der Waals surface area contributed by atoms with E-state index in [0.717, 1.165) is 35.8 Å². The van der Waals surface area contributed by atoms with Crippen LogP contribution in [0, 0.1) is 0 Å². The van der Waals surface area contributed by atoms with Crippen molar-refractivity contribution < 1.29 is 9.15 Å². The van der Waals surface area contributed by atoms with E-state index in [2.05, 4.69) is 19.2 Å². The van der Waals surface area contributed by atoms with Gasteiger partial charge in [0.25, 0.3) is 0 Å². The standard InChI is InChI=1S/C16H20ClNO2/c1-4-18-11(2)9-13-6-8-16(20-13)14-10-12(19-3)5-7-15(14)17/h5-8,10-11,18H,4,9H2,1-3H3. The van der Waals surface area contributed by atoms with Crippen molar-refractivity contribution in [1.82, 2.24) is 5.32 Å². The molecule has 0 saturated heterocycles. The van der Waals surface area contributed by atoms with Gasteiger partial charge in [0.05, 0.1) is 12.1 Å².